The van der Waals surface area contributed by atoms with Gasteiger partial charge in [0, 0.05) is 17.7 Å². The van der Waals surface area contributed by atoms with Crippen LogP contribution >= 0.6 is 0 Å². The smallest absolute Gasteiger partial charge is 0.254 e. The van der Waals surface area contributed by atoms with Gasteiger partial charge in [-0.15, -0.1) is 0 Å². The molecule has 0 aliphatic heterocycles. The van der Waals surface area contributed by atoms with Gasteiger partial charge in [0.1, 0.15) is 12.3 Å². The van der Waals surface area contributed by atoms with Crippen molar-refractivity contribution in [2.75, 3.05) is 7.11 Å². The molecule has 0 spiro atoms. The lowest BCUT2D eigenvalue weighted by Gasteiger charge is -2.13. The van der Waals surface area contributed by atoms with Gasteiger partial charge in [-0.1, -0.05) is 36.4 Å². The number of carbonyl (C=O) groups is 1. The molecule has 5 nitrogen and oxygen atoms in total. The summed E-state index contributed by atoms with van der Waals surface area (Å²) in [5.74, 6) is 0.504. The summed E-state index contributed by atoms with van der Waals surface area (Å²) in [4.78, 5) is 24.8. The Morgan fingerprint density at radius 1 is 1.12 bits per heavy atom. The van der Waals surface area contributed by atoms with Crippen LogP contribution < -0.4 is 15.6 Å². The van der Waals surface area contributed by atoms with Gasteiger partial charge in [0.15, 0.2) is 0 Å². The minimum Gasteiger partial charge on any atom is -0.496 e. The van der Waals surface area contributed by atoms with E-state index in [4.69, 9.17) is 4.74 Å². The molecule has 0 aliphatic rings. The lowest BCUT2D eigenvalue weighted by atomic mass is 10.1. The van der Waals surface area contributed by atoms with Crippen molar-refractivity contribution < 1.29 is 9.53 Å². The SMILES string of the molecule is COc1ccccc1CNC(=O)Cn1c(=O)c(C)cc2ccccc21. The van der Waals surface area contributed by atoms with Crippen molar-refractivity contribution in [2.24, 2.45) is 0 Å². The second-order valence-corrected chi connectivity index (χ2v) is 5.87. The maximum Gasteiger partial charge on any atom is 0.254 e. The summed E-state index contributed by atoms with van der Waals surface area (Å²) in [7, 11) is 1.60. The molecule has 0 aliphatic carbocycles. The molecule has 1 aromatic heterocycles. The Morgan fingerprint density at radius 2 is 1.84 bits per heavy atom. The van der Waals surface area contributed by atoms with E-state index >= 15 is 0 Å². The normalized spacial score (nSPS) is 10.6. The molecule has 1 amide bonds. The van der Waals surface area contributed by atoms with Crippen LogP contribution in [0.3, 0.4) is 0 Å². The third-order valence-corrected chi connectivity index (χ3v) is 4.15. The molecule has 0 bridgehead atoms. The van der Waals surface area contributed by atoms with Crippen molar-refractivity contribution in [1.82, 2.24) is 9.88 Å². The first-order chi connectivity index (χ1) is 12.1. The van der Waals surface area contributed by atoms with E-state index in [0.717, 1.165) is 22.2 Å². The number of ether oxygens (including phenoxy) is 1. The minimum atomic E-state index is -0.219. The summed E-state index contributed by atoms with van der Waals surface area (Å²) >= 11 is 0. The Morgan fingerprint density at radius 3 is 2.64 bits per heavy atom. The van der Waals surface area contributed by atoms with Crippen molar-refractivity contribution in [3.8, 4) is 5.75 Å². The van der Waals surface area contributed by atoms with Crippen LogP contribution in [0.1, 0.15) is 11.1 Å². The molecule has 0 fully saturated rings. The summed E-state index contributed by atoms with van der Waals surface area (Å²) < 4.78 is 6.80. The fraction of sp³-hybridized carbons (Fsp3) is 0.200. The van der Waals surface area contributed by atoms with Gasteiger partial charge >= 0.3 is 0 Å². The van der Waals surface area contributed by atoms with E-state index in [1.54, 1.807) is 14.0 Å². The maximum atomic E-state index is 12.5. The van der Waals surface area contributed by atoms with Gasteiger partial charge < -0.3 is 10.1 Å². The Kier molecular flexibility index (Phi) is 4.84. The van der Waals surface area contributed by atoms with Gasteiger partial charge in [0.25, 0.3) is 5.56 Å². The topological polar surface area (TPSA) is 60.3 Å². The highest BCUT2D eigenvalue weighted by molar-refractivity contribution is 5.82. The van der Waals surface area contributed by atoms with Crippen LogP contribution in [0.5, 0.6) is 5.75 Å². The first-order valence-electron chi connectivity index (χ1n) is 8.08. The second-order valence-electron chi connectivity index (χ2n) is 5.87. The number of carbonyl (C=O) groups excluding carboxylic acids is 1. The van der Waals surface area contributed by atoms with Crippen LogP contribution in [0.15, 0.2) is 59.4 Å². The molecule has 0 saturated heterocycles. The molecule has 0 atom stereocenters. The number of methoxy groups -OCH3 is 1. The molecule has 3 aromatic rings. The van der Waals surface area contributed by atoms with Gasteiger partial charge in [0.05, 0.1) is 12.6 Å². The summed E-state index contributed by atoms with van der Waals surface area (Å²) in [5, 5.41) is 3.80. The highest BCUT2D eigenvalue weighted by Gasteiger charge is 2.11. The van der Waals surface area contributed by atoms with Gasteiger partial charge in [-0.25, -0.2) is 0 Å². The van der Waals surface area contributed by atoms with E-state index in [1.165, 1.54) is 4.57 Å². The summed E-state index contributed by atoms with van der Waals surface area (Å²) in [6.07, 6.45) is 0. The van der Waals surface area contributed by atoms with Gasteiger partial charge in [0.2, 0.25) is 5.91 Å². The van der Waals surface area contributed by atoms with Gasteiger partial charge in [-0.3, -0.25) is 14.2 Å². The predicted molar refractivity (Wildman–Crippen MR) is 97.8 cm³/mol. The zero-order valence-electron chi connectivity index (χ0n) is 14.3. The van der Waals surface area contributed by atoms with Crippen LogP contribution in [0.2, 0.25) is 0 Å². The quantitative estimate of drug-likeness (QED) is 0.779. The molecule has 128 valence electrons. The lowest BCUT2D eigenvalue weighted by Crippen LogP contribution is -2.33. The minimum absolute atomic E-state index is 0.0177. The molecule has 3 rings (SSSR count). The summed E-state index contributed by atoms with van der Waals surface area (Å²) in [5.41, 5.74) is 2.12. The summed E-state index contributed by atoms with van der Waals surface area (Å²) in [6.45, 7) is 2.09. The number of pyridine rings is 1. The van der Waals surface area contributed by atoms with Crippen molar-refractivity contribution >= 4 is 16.8 Å². The number of amides is 1. The van der Waals surface area contributed by atoms with Gasteiger partial charge in [-0.2, -0.15) is 0 Å². The largest absolute Gasteiger partial charge is 0.496 e. The molecule has 5 heteroatoms. The van der Waals surface area contributed by atoms with E-state index in [0.29, 0.717) is 12.1 Å². The van der Waals surface area contributed by atoms with E-state index in [2.05, 4.69) is 5.32 Å². The number of hydrogen-bond acceptors (Lipinski definition) is 3. The number of fused-ring (bicyclic) bond motifs is 1. The molecule has 0 saturated carbocycles. The molecule has 25 heavy (non-hydrogen) atoms. The Hall–Kier alpha value is -3.08. The fourth-order valence-electron chi connectivity index (χ4n) is 2.87. The Bertz CT molecular complexity index is 976. The standard InChI is InChI=1S/C20H20N2O3/c1-14-11-15-7-3-5-9-17(15)22(20(14)24)13-19(23)21-12-16-8-4-6-10-18(16)25-2/h3-11H,12-13H2,1-2H3,(H,21,23). The molecule has 2 aromatic carbocycles. The lowest BCUT2D eigenvalue weighted by molar-refractivity contribution is -0.121. The molecule has 1 heterocycles. The molecular weight excluding hydrogens is 316 g/mol. The number of nitrogens with one attached hydrogen (secondary N) is 1. The number of hydrogen-bond donors (Lipinski definition) is 1. The highest BCUT2D eigenvalue weighted by atomic mass is 16.5. The molecular formula is C20H20N2O3. The van der Waals surface area contributed by atoms with Crippen molar-refractivity contribution in [2.45, 2.75) is 20.0 Å². The van der Waals surface area contributed by atoms with E-state index < -0.39 is 0 Å². The number of nitrogens with zero attached hydrogens (tertiary/aromatic N) is 1. The van der Waals surface area contributed by atoms with Crippen molar-refractivity contribution in [3.63, 3.8) is 0 Å². The van der Waals surface area contributed by atoms with Gasteiger partial charge in [-0.05, 0) is 30.5 Å². The predicted octanol–water partition coefficient (Wildman–Crippen LogP) is 2.63. The van der Waals surface area contributed by atoms with Crippen molar-refractivity contribution in [3.05, 3.63) is 76.1 Å². The zero-order valence-corrected chi connectivity index (χ0v) is 14.3. The average Bonchev–Trinajstić information content (AvgIpc) is 2.64. The monoisotopic (exact) mass is 336 g/mol. The third kappa shape index (κ3) is 3.55. The van der Waals surface area contributed by atoms with Crippen molar-refractivity contribution in [1.29, 1.82) is 0 Å². The molecule has 1 N–H and O–H groups in total. The van der Waals surface area contributed by atoms with Crippen LogP contribution in [-0.2, 0) is 17.9 Å². The fourth-order valence-corrected chi connectivity index (χ4v) is 2.87. The maximum absolute atomic E-state index is 12.5. The second kappa shape index (κ2) is 7.21. The van der Waals surface area contributed by atoms with E-state index in [-0.39, 0.29) is 18.0 Å². The average molecular weight is 336 g/mol. The van der Waals surface area contributed by atoms with Crippen LogP contribution in [-0.4, -0.2) is 17.6 Å². The van der Waals surface area contributed by atoms with E-state index in [9.17, 15) is 9.59 Å². The first-order valence-corrected chi connectivity index (χ1v) is 8.08. The number of aromatic nitrogens is 1. The highest BCUT2D eigenvalue weighted by Crippen LogP contribution is 2.17. The summed E-state index contributed by atoms with van der Waals surface area (Å²) in [6, 6.07) is 16.9. The first kappa shape index (κ1) is 16.8. The number of rotatable bonds is 5. The molecule has 0 unspecified atom stereocenters. The Balaban J connectivity index is 1.81. The molecule has 0 radical (unpaired) electrons. The van der Waals surface area contributed by atoms with Crippen LogP contribution in [0.4, 0.5) is 0 Å². The number of benzene rings is 2. The van der Waals surface area contributed by atoms with E-state index in [1.807, 2.05) is 54.6 Å². The van der Waals surface area contributed by atoms with Crippen LogP contribution in [0, 0.1) is 6.92 Å². The number of para-hydroxylation sites is 2. The zero-order chi connectivity index (χ0) is 17.8. The number of aryl methyl sites for hydroxylation is 1. The van der Waals surface area contributed by atoms with Crippen LogP contribution in [0.25, 0.3) is 10.9 Å². The third-order valence-electron chi connectivity index (χ3n) is 4.15. The Labute approximate surface area is 145 Å².